The summed E-state index contributed by atoms with van der Waals surface area (Å²) in [5, 5.41) is 0. The van der Waals surface area contributed by atoms with E-state index in [-0.39, 0.29) is 0 Å². The van der Waals surface area contributed by atoms with Gasteiger partial charge in [0.25, 0.3) is 0 Å². The Kier molecular flexibility index (Phi) is 2.69. The Morgan fingerprint density at radius 3 is 2.43 bits per heavy atom. The molecular weight excluding hydrogens is 184 g/mol. The number of hydrogen-bond acceptors (Lipinski definition) is 4. The van der Waals surface area contributed by atoms with Crippen LogP contribution in [0.3, 0.4) is 0 Å². The molecule has 0 N–H and O–H groups in total. The van der Waals surface area contributed by atoms with Gasteiger partial charge in [-0.2, -0.15) is 0 Å². The molecule has 5 heteroatoms. The molecule has 0 aliphatic rings. The SMILES string of the molecule is CC(C)(C)OC(=O)C(=O)n1ccnc1. The molecule has 1 rings (SSSR count). The van der Waals surface area contributed by atoms with Gasteiger partial charge < -0.3 is 4.74 Å². The molecule has 0 unspecified atom stereocenters. The summed E-state index contributed by atoms with van der Waals surface area (Å²) in [6.07, 6.45) is 4.07. The molecule has 0 saturated carbocycles. The van der Waals surface area contributed by atoms with Crippen LogP contribution in [-0.2, 0) is 9.53 Å². The quantitative estimate of drug-likeness (QED) is 0.456. The van der Waals surface area contributed by atoms with Crippen LogP contribution in [0.25, 0.3) is 0 Å². The number of nitrogens with zero attached hydrogens (tertiary/aromatic N) is 2. The molecule has 1 heterocycles. The Morgan fingerprint density at radius 1 is 1.36 bits per heavy atom. The largest absolute Gasteiger partial charge is 0.453 e. The lowest BCUT2D eigenvalue weighted by atomic mass is 10.2. The van der Waals surface area contributed by atoms with Crippen molar-refractivity contribution in [2.24, 2.45) is 0 Å². The lowest BCUT2D eigenvalue weighted by molar-refractivity contribution is -0.149. The highest BCUT2D eigenvalue weighted by atomic mass is 16.6. The molecule has 0 spiro atoms. The van der Waals surface area contributed by atoms with Crippen molar-refractivity contribution >= 4 is 11.9 Å². The second-order valence-electron chi connectivity index (χ2n) is 3.78. The lowest BCUT2D eigenvalue weighted by Gasteiger charge is -2.18. The maximum absolute atomic E-state index is 11.3. The molecule has 0 atom stereocenters. The molecule has 1 aromatic heterocycles. The molecule has 0 aliphatic heterocycles. The highest BCUT2D eigenvalue weighted by Gasteiger charge is 2.23. The number of carbonyl (C=O) groups excluding carboxylic acids is 2. The third-order valence-corrected chi connectivity index (χ3v) is 1.31. The Morgan fingerprint density at radius 2 is 2.00 bits per heavy atom. The first-order valence-corrected chi connectivity index (χ1v) is 4.16. The van der Waals surface area contributed by atoms with Crippen molar-refractivity contribution in [3.8, 4) is 0 Å². The molecule has 0 aliphatic carbocycles. The minimum Gasteiger partial charge on any atom is -0.453 e. The van der Waals surface area contributed by atoms with Gasteiger partial charge in [0.05, 0.1) is 0 Å². The predicted molar refractivity (Wildman–Crippen MR) is 48.7 cm³/mol. The highest BCUT2D eigenvalue weighted by Crippen LogP contribution is 2.07. The zero-order valence-corrected chi connectivity index (χ0v) is 8.35. The fraction of sp³-hybridized carbons (Fsp3) is 0.444. The second kappa shape index (κ2) is 3.61. The van der Waals surface area contributed by atoms with Crippen LogP contribution < -0.4 is 0 Å². The summed E-state index contributed by atoms with van der Waals surface area (Å²) >= 11 is 0. The van der Waals surface area contributed by atoms with Crippen LogP contribution in [-0.4, -0.2) is 27.0 Å². The molecule has 0 aromatic carbocycles. The van der Waals surface area contributed by atoms with Gasteiger partial charge in [0.15, 0.2) is 0 Å². The van der Waals surface area contributed by atoms with E-state index < -0.39 is 17.5 Å². The summed E-state index contributed by atoms with van der Waals surface area (Å²) in [6.45, 7) is 5.10. The Bertz CT molecular complexity index is 335. The van der Waals surface area contributed by atoms with Crippen LogP contribution in [0, 0.1) is 0 Å². The third kappa shape index (κ3) is 2.69. The first-order chi connectivity index (χ1) is 6.40. The normalized spacial score (nSPS) is 11.1. The number of ether oxygens (including phenoxy) is 1. The fourth-order valence-corrected chi connectivity index (χ4v) is 0.806. The first kappa shape index (κ1) is 10.4. The van der Waals surface area contributed by atoms with Gasteiger partial charge >= 0.3 is 11.9 Å². The van der Waals surface area contributed by atoms with Gasteiger partial charge in [0.1, 0.15) is 11.9 Å². The van der Waals surface area contributed by atoms with Crippen molar-refractivity contribution in [1.82, 2.24) is 9.55 Å². The van der Waals surface area contributed by atoms with E-state index in [0.29, 0.717) is 0 Å². The molecule has 14 heavy (non-hydrogen) atoms. The van der Waals surface area contributed by atoms with E-state index >= 15 is 0 Å². The van der Waals surface area contributed by atoms with Crippen LogP contribution in [0.4, 0.5) is 0 Å². The maximum Gasteiger partial charge on any atom is 0.398 e. The summed E-state index contributed by atoms with van der Waals surface area (Å²) in [6, 6.07) is 0. The van der Waals surface area contributed by atoms with Gasteiger partial charge in [0.2, 0.25) is 0 Å². The van der Waals surface area contributed by atoms with Crippen molar-refractivity contribution in [3.05, 3.63) is 18.7 Å². The number of aromatic nitrogens is 2. The number of carbonyl (C=O) groups is 2. The van der Waals surface area contributed by atoms with Crippen molar-refractivity contribution in [3.63, 3.8) is 0 Å². The monoisotopic (exact) mass is 196 g/mol. The van der Waals surface area contributed by atoms with Gasteiger partial charge in [-0.25, -0.2) is 9.78 Å². The van der Waals surface area contributed by atoms with E-state index in [0.717, 1.165) is 4.57 Å². The van der Waals surface area contributed by atoms with E-state index in [1.165, 1.54) is 18.7 Å². The first-order valence-electron chi connectivity index (χ1n) is 4.16. The zero-order chi connectivity index (χ0) is 10.8. The van der Waals surface area contributed by atoms with Gasteiger partial charge in [-0.1, -0.05) is 0 Å². The molecule has 0 fully saturated rings. The van der Waals surface area contributed by atoms with E-state index in [2.05, 4.69) is 4.98 Å². The van der Waals surface area contributed by atoms with Crippen molar-refractivity contribution in [2.75, 3.05) is 0 Å². The number of esters is 1. The average Bonchev–Trinajstić information content (AvgIpc) is 2.51. The summed E-state index contributed by atoms with van der Waals surface area (Å²) in [4.78, 5) is 26.2. The summed E-state index contributed by atoms with van der Waals surface area (Å²) in [7, 11) is 0. The maximum atomic E-state index is 11.3. The van der Waals surface area contributed by atoms with E-state index in [4.69, 9.17) is 4.74 Å². The van der Waals surface area contributed by atoms with Crippen molar-refractivity contribution in [2.45, 2.75) is 26.4 Å². The highest BCUT2D eigenvalue weighted by molar-refractivity contribution is 6.33. The van der Waals surface area contributed by atoms with Crippen molar-refractivity contribution in [1.29, 1.82) is 0 Å². The summed E-state index contributed by atoms with van der Waals surface area (Å²) in [5.74, 6) is -1.62. The average molecular weight is 196 g/mol. The minimum atomic E-state index is -0.879. The molecular formula is C9H12N2O3. The number of imidazole rings is 1. The number of rotatable bonds is 0. The Balaban J connectivity index is 2.68. The molecule has 0 bridgehead atoms. The standard InChI is InChI=1S/C9H12N2O3/c1-9(2,3)14-8(13)7(12)11-5-4-10-6-11/h4-6H,1-3H3. The third-order valence-electron chi connectivity index (χ3n) is 1.31. The van der Waals surface area contributed by atoms with Crippen LogP contribution in [0.5, 0.6) is 0 Å². The zero-order valence-electron chi connectivity index (χ0n) is 8.35. The number of hydrogen-bond donors (Lipinski definition) is 0. The minimum absolute atomic E-state index is 0.659. The Hall–Kier alpha value is -1.65. The molecule has 5 nitrogen and oxygen atoms in total. The van der Waals surface area contributed by atoms with E-state index in [9.17, 15) is 9.59 Å². The lowest BCUT2D eigenvalue weighted by Crippen LogP contribution is -2.31. The molecule has 0 amide bonds. The smallest absolute Gasteiger partial charge is 0.398 e. The van der Waals surface area contributed by atoms with Crippen LogP contribution in [0.1, 0.15) is 25.6 Å². The van der Waals surface area contributed by atoms with E-state index in [1.54, 1.807) is 20.8 Å². The summed E-state index contributed by atoms with van der Waals surface area (Å²) in [5.41, 5.74) is -0.659. The van der Waals surface area contributed by atoms with Gasteiger partial charge in [-0.05, 0) is 20.8 Å². The molecule has 76 valence electrons. The molecule has 0 radical (unpaired) electrons. The Labute approximate surface area is 81.7 Å². The predicted octanol–water partition coefficient (Wildman–Crippen LogP) is 0.865. The van der Waals surface area contributed by atoms with Crippen LogP contribution in [0.15, 0.2) is 18.7 Å². The molecule has 0 saturated heterocycles. The van der Waals surface area contributed by atoms with Gasteiger partial charge in [-0.15, -0.1) is 0 Å². The second-order valence-corrected chi connectivity index (χ2v) is 3.78. The topological polar surface area (TPSA) is 61.2 Å². The van der Waals surface area contributed by atoms with Crippen LogP contribution >= 0.6 is 0 Å². The van der Waals surface area contributed by atoms with Crippen molar-refractivity contribution < 1.29 is 14.3 Å². The van der Waals surface area contributed by atoms with Gasteiger partial charge in [0, 0.05) is 12.4 Å². The van der Waals surface area contributed by atoms with Crippen LogP contribution in [0.2, 0.25) is 0 Å². The van der Waals surface area contributed by atoms with E-state index in [1.807, 2.05) is 0 Å². The van der Waals surface area contributed by atoms with Gasteiger partial charge in [-0.3, -0.25) is 9.36 Å². The molecule has 1 aromatic rings. The fourth-order valence-electron chi connectivity index (χ4n) is 0.806. The summed E-state index contributed by atoms with van der Waals surface area (Å²) < 4.78 is 5.96.